The first-order chi connectivity index (χ1) is 9.49. The van der Waals surface area contributed by atoms with Crippen LogP contribution in [0.4, 0.5) is 0 Å². The van der Waals surface area contributed by atoms with Gasteiger partial charge in [0.2, 0.25) is 0 Å². The summed E-state index contributed by atoms with van der Waals surface area (Å²) in [6, 6.07) is 6.79. The molecule has 20 heavy (non-hydrogen) atoms. The van der Waals surface area contributed by atoms with Gasteiger partial charge in [-0.15, -0.1) is 0 Å². The van der Waals surface area contributed by atoms with Gasteiger partial charge in [0.1, 0.15) is 0 Å². The molecule has 1 aliphatic rings. The predicted octanol–water partition coefficient (Wildman–Crippen LogP) is 2.22. The number of benzene rings is 1. The number of hydrogen-bond donors (Lipinski definition) is 2. The van der Waals surface area contributed by atoms with E-state index in [1.165, 1.54) is 16.7 Å². The molecule has 1 aromatic carbocycles. The Balaban J connectivity index is 2.06. The first-order valence-electron chi connectivity index (χ1n) is 7.71. The lowest BCUT2D eigenvalue weighted by molar-refractivity contribution is 0.0387. The minimum atomic E-state index is -0.220. The Hall–Kier alpha value is -0.900. The molecular weight excluding hydrogens is 248 g/mol. The summed E-state index contributed by atoms with van der Waals surface area (Å²) in [5.74, 6) is 0.314. The second-order valence-electron chi connectivity index (χ2n) is 6.36. The summed E-state index contributed by atoms with van der Waals surface area (Å²) in [6.07, 6.45) is 1.54. The lowest BCUT2D eigenvalue weighted by Gasteiger charge is -2.38. The first kappa shape index (κ1) is 15.5. The molecule has 3 nitrogen and oxygen atoms in total. The Labute approximate surface area is 122 Å². The van der Waals surface area contributed by atoms with Crippen molar-refractivity contribution in [2.45, 2.75) is 52.3 Å². The molecule has 3 heteroatoms. The molecule has 0 amide bonds. The van der Waals surface area contributed by atoms with Crippen molar-refractivity contribution in [3.63, 3.8) is 0 Å². The third-order valence-electron chi connectivity index (χ3n) is 4.45. The number of nitrogens with zero attached hydrogens (tertiary/aromatic N) is 1. The summed E-state index contributed by atoms with van der Waals surface area (Å²) in [7, 11) is 0. The summed E-state index contributed by atoms with van der Waals surface area (Å²) in [4.78, 5) is 2.40. The fraction of sp³-hybridized carbons (Fsp3) is 0.647. The topological polar surface area (TPSA) is 49.5 Å². The van der Waals surface area contributed by atoms with Crippen molar-refractivity contribution >= 4 is 0 Å². The Morgan fingerprint density at radius 3 is 2.80 bits per heavy atom. The SMILES string of the molecule is CCC(O)C1CC(N)CN(Cc2cc(C)ccc2C)C1. The molecule has 1 heterocycles. The monoisotopic (exact) mass is 276 g/mol. The van der Waals surface area contributed by atoms with E-state index in [0.29, 0.717) is 5.92 Å². The molecule has 3 unspecified atom stereocenters. The van der Waals surface area contributed by atoms with Gasteiger partial charge in [-0.3, -0.25) is 4.90 Å². The van der Waals surface area contributed by atoms with E-state index >= 15 is 0 Å². The summed E-state index contributed by atoms with van der Waals surface area (Å²) < 4.78 is 0. The van der Waals surface area contributed by atoms with E-state index in [2.05, 4.69) is 36.9 Å². The largest absolute Gasteiger partial charge is 0.393 e. The average Bonchev–Trinajstić information content (AvgIpc) is 2.41. The van der Waals surface area contributed by atoms with Crippen molar-refractivity contribution in [2.75, 3.05) is 13.1 Å². The van der Waals surface area contributed by atoms with Gasteiger partial charge in [-0.1, -0.05) is 30.7 Å². The number of aryl methyl sites for hydroxylation is 2. The van der Waals surface area contributed by atoms with Gasteiger partial charge in [-0.05, 0) is 43.7 Å². The Morgan fingerprint density at radius 2 is 2.10 bits per heavy atom. The minimum absolute atomic E-state index is 0.181. The van der Waals surface area contributed by atoms with Crippen LogP contribution in [0.5, 0.6) is 0 Å². The quantitative estimate of drug-likeness (QED) is 0.886. The fourth-order valence-electron chi connectivity index (χ4n) is 3.23. The van der Waals surface area contributed by atoms with Crippen molar-refractivity contribution < 1.29 is 5.11 Å². The van der Waals surface area contributed by atoms with Gasteiger partial charge >= 0.3 is 0 Å². The highest BCUT2D eigenvalue weighted by atomic mass is 16.3. The molecule has 3 atom stereocenters. The molecule has 2 rings (SSSR count). The third-order valence-corrected chi connectivity index (χ3v) is 4.45. The maximum atomic E-state index is 10.1. The summed E-state index contributed by atoms with van der Waals surface area (Å²) in [5.41, 5.74) is 10.2. The van der Waals surface area contributed by atoms with Crippen LogP contribution >= 0.6 is 0 Å². The Kier molecular flexibility index (Phi) is 5.19. The van der Waals surface area contributed by atoms with Gasteiger partial charge in [-0.2, -0.15) is 0 Å². The molecule has 0 spiro atoms. The number of hydrogen-bond acceptors (Lipinski definition) is 3. The third kappa shape index (κ3) is 3.81. The van der Waals surface area contributed by atoms with Crippen LogP contribution in [0.1, 0.15) is 36.5 Å². The fourth-order valence-corrected chi connectivity index (χ4v) is 3.23. The van der Waals surface area contributed by atoms with Crippen molar-refractivity contribution in [2.24, 2.45) is 11.7 Å². The van der Waals surface area contributed by atoms with E-state index < -0.39 is 0 Å². The van der Waals surface area contributed by atoms with Crippen molar-refractivity contribution in [3.05, 3.63) is 34.9 Å². The van der Waals surface area contributed by atoms with E-state index in [1.807, 2.05) is 6.92 Å². The highest BCUT2D eigenvalue weighted by molar-refractivity contribution is 5.30. The number of aliphatic hydroxyl groups excluding tert-OH is 1. The molecule has 1 aromatic rings. The van der Waals surface area contributed by atoms with Crippen LogP contribution in [0.2, 0.25) is 0 Å². The van der Waals surface area contributed by atoms with E-state index in [9.17, 15) is 5.11 Å². The highest BCUT2D eigenvalue weighted by Crippen LogP contribution is 2.23. The van der Waals surface area contributed by atoms with Crippen LogP contribution in [-0.2, 0) is 6.54 Å². The zero-order chi connectivity index (χ0) is 14.7. The molecular formula is C17H28N2O. The van der Waals surface area contributed by atoms with Crippen molar-refractivity contribution in [1.82, 2.24) is 4.90 Å². The maximum absolute atomic E-state index is 10.1. The first-order valence-corrected chi connectivity index (χ1v) is 7.71. The van der Waals surface area contributed by atoms with Crippen LogP contribution in [-0.4, -0.2) is 35.2 Å². The van der Waals surface area contributed by atoms with Crippen LogP contribution in [0.3, 0.4) is 0 Å². The zero-order valence-electron chi connectivity index (χ0n) is 13.0. The molecule has 0 radical (unpaired) electrons. The number of rotatable bonds is 4. The van der Waals surface area contributed by atoms with Gasteiger partial charge in [0.15, 0.2) is 0 Å². The lowest BCUT2D eigenvalue weighted by atomic mass is 9.88. The van der Waals surface area contributed by atoms with E-state index in [-0.39, 0.29) is 12.1 Å². The Bertz CT molecular complexity index is 447. The maximum Gasteiger partial charge on any atom is 0.0578 e. The van der Waals surface area contributed by atoms with Gasteiger partial charge in [0.25, 0.3) is 0 Å². The van der Waals surface area contributed by atoms with Gasteiger partial charge in [0.05, 0.1) is 6.10 Å². The average molecular weight is 276 g/mol. The number of nitrogens with two attached hydrogens (primary N) is 1. The van der Waals surface area contributed by atoms with Crippen molar-refractivity contribution in [3.8, 4) is 0 Å². The number of aliphatic hydroxyl groups is 1. The van der Waals surface area contributed by atoms with E-state index in [1.54, 1.807) is 0 Å². The highest BCUT2D eigenvalue weighted by Gasteiger charge is 2.29. The van der Waals surface area contributed by atoms with Gasteiger partial charge < -0.3 is 10.8 Å². The standard InChI is InChI=1S/C17H28N2O/c1-4-17(20)15-8-16(18)11-19(10-15)9-14-7-12(2)5-6-13(14)3/h5-7,15-17,20H,4,8-11,18H2,1-3H3. The van der Waals surface area contributed by atoms with Gasteiger partial charge in [0, 0.05) is 25.7 Å². The normalized spacial score (nSPS) is 25.6. The second kappa shape index (κ2) is 6.70. The molecule has 0 saturated carbocycles. The molecule has 112 valence electrons. The van der Waals surface area contributed by atoms with E-state index in [4.69, 9.17) is 5.73 Å². The predicted molar refractivity (Wildman–Crippen MR) is 83.6 cm³/mol. The molecule has 1 aliphatic heterocycles. The van der Waals surface area contributed by atoms with Crippen LogP contribution in [0.25, 0.3) is 0 Å². The molecule has 0 bridgehead atoms. The lowest BCUT2D eigenvalue weighted by Crippen LogP contribution is -2.49. The minimum Gasteiger partial charge on any atom is -0.393 e. The van der Waals surface area contributed by atoms with Crippen LogP contribution in [0.15, 0.2) is 18.2 Å². The van der Waals surface area contributed by atoms with E-state index in [0.717, 1.165) is 32.5 Å². The Morgan fingerprint density at radius 1 is 1.35 bits per heavy atom. The molecule has 1 fully saturated rings. The molecule has 1 saturated heterocycles. The molecule has 0 aromatic heterocycles. The zero-order valence-corrected chi connectivity index (χ0v) is 13.0. The smallest absolute Gasteiger partial charge is 0.0578 e. The molecule has 3 N–H and O–H groups in total. The summed E-state index contributed by atoms with van der Waals surface area (Å²) in [6.45, 7) is 9.16. The van der Waals surface area contributed by atoms with Crippen LogP contribution in [0, 0.1) is 19.8 Å². The summed E-state index contributed by atoms with van der Waals surface area (Å²) >= 11 is 0. The van der Waals surface area contributed by atoms with Gasteiger partial charge in [-0.25, -0.2) is 0 Å². The summed E-state index contributed by atoms with van der Waals surface area (Å²) in [5, 5.41) is 10.1. The van der Waals surface area contributed by atoms with Crippen LogP contribution < -0.4 is 5.73 Å². The number of piperidine rings is 1. The number of likely N-dealkylation sites (tertiary alicyclic amines) is 1. The second-order valence-corrected chi connectivity index (χ2v) is 6.36. The molecule has 0 aliphatic carbocycles. The van der Waals surface area contributed by atoms with Crippen molar-refractivity contribution in [1.29, 1.82) is 0 Å².